The maximum atomic E-state index is 10.4. The van der Waals surface area contributed by atoms with Gasteiger partial charge in [-0.1, -0.05) is 30.3 Å². The summed E-state index contributed by atoms with van der Waals surface area (Å²) in [7, 11) is 1.59. The van der Waals surface area contributed by atoms with E-state index in [0.717, 1.165) is 22.2 Å². The van der Waals surface area contributed by atoms with Crippen molar-refractivity contribution >= 4 is 16.6 Å². The SMILES string of the molecule is COc1cccc(C(O)CNc2cc(C#N)nc3ccccc23)c1. The van der Waals surface area contributed by atoms with Crippen LogP contribution in [0.2, 0.25) is 0 Å². The van der Waals surface area contributed by atoms with E-state index in [1.165, 1.54) is 0 Å². The highest BCUT2D eigenvalue weighted by Crippen LogP contribution is 2.25. The molecule has 0 aliphatic heterocycles. The molecule has 1 heterocycles. The molecular weight excluding hydrogens is 302 g/mol. The van der Waals surface area contributed by atoms with Gasteiger partial charge in [-0.25, -0.2) is 4.98 Å². The van der Waals surface area contributed by atoms with Crippen LogP contribution < -0.4 is 10.1 Å². The minimum atomic E-state index is -0.697. The molecule has 0 saturated carbocycles. The topological polar surface area (TPSA) is 78.2 Å². The van der Waals surface area contributed by atoms with Gasteiger partial charge >= 0.3 is 0 Å². The first-order chi connectivity index (χ1) is 11.7. The zero-order valence-electron chi connectivity index (χ0n) is 13.2. The van der Waals surface area contributed by atoms with Crippen LogP contribution >= 0.6 is 0 Å². The first-order valence-corrected chi connectivity index (χ1v) is 7.57. The second-order valence-corrected chi connectivity index (χ2v) is 5.36. The molecule has 1 unspecified atom stereocenters. The van der Waals surface area contributed by atoms with E-state index in [1.807, 2.05) is 42.5 Å². The number of nitrogens with zero attached hydrogens (tertiary/aromatic N) is 2. The fourth-order valence-electron chi connectivity index (χ4n) is 2.55. The Morgan fingerprint density at radius 2 is 2.04 bits per heavy atom. The van der Waals surface area contributed by atoms with Gasteiger partial charge in [-0.3, -0.25) is 0 Å². The van der Waals surface area contributed by atoms with E-state index in [-0.39, 0.29) is 0 Å². The second-order valence-electron chi connectivity index (χ2n) is 5.36. The van der Waals surface area contributed by atoms with Crippen LogP contribution in [0.5, 0.6) is 5.75 Å². The van der Waals surface area contributed by atoms with Crippen LogP contribution in [0.15, 0.2) is 54.6 Å². The Kier molecular flexibility index (Phi) is 4.59. The zero-order chi connectivity index (χ0) is 16.9. The second kappa shape index (κ2) is 6.99. The minimum absolute atomic E-state index is 0.312. The van der Waals surface area contributed by atoms with E-state index in [0.29, 0.717) is 18.0 Å². The molecule has 120 valence electrons. The van der Waals surface area contributed by atoms with Gasteiger partial charge in [0.15, 0.2) is 0 Å². The number of aromatic nitrogens is 1. The van der Waals surface area contributed by atoms with Crippen molar-refractivity contribution < 1.29 is 9.84 Å². The number of benzene rings is 2. The highest BCUT2D eigenvalue weighted by atomic mass is 16.5. The number of methoxy groups -OCH3 is 1. The predicted molar refractivity (Wildman–Crippen MR) is 92.9 cm³/mol. The number of pyridine rings is 1. The van der Waals surface area contributed by atoms with Crippen LogP contribution in [0, 0.1) is 11.3 Å². The number of aliphatic hydroxyl groups excluding tert-OH is 1. The standard InChI is InChI=1S/C19H17N3O2/c1-24-15-6-4-5-13(9-15)19(23)12-21-18-10-14(11-20)22-17-8-3-2-7-16(17)18/h2-10,19,23H,12H2,1H3,(H,21,22). The number of fused-ring (bicyclic) bond motifs is 1. The largest absolute Gasteiger partial charge is 0.497 e. The molecule has 0 bridgehead atoms. The van der Waals surface area contributed by atoms with Gasteiger partial charge in [0.2, 0.25) is 0 Å². The number of nitrogens with one attached hydrogen (secondary N) is 1. The number of hydrogen-bond donors (Lipinski definition) is 2. The Morgan fingerprint density at radius 3 is 2.83 bits per heavy atom. The van der Waals surface area contributed by atoms with E-state index in [9.17, 15) is 5.11 Å². The predicted octanol–water partition coefficient (Wildman–Crippen LogP) is 3.26. The molecule has 2 N–H and O–H groups in total. The number of anilines is 1. The van der Waals surface area contributed by atoms with E-state index in [1.54, 1.807) is 19.2 Å². The summed E-state index contributed by atoms with van der Waals surface area (Å²) in [4.78, 5) is 4.28. The summed E-state index contributed by atoms with van der Waals surface area (Å²) < 4.78 is 5.18. The lowest BCUT2D eigenvalue weighted by atomic mass is 10.1. The molecule has 0 aliphatic carbocycles. The lowest BCUT2D eigenvalue weighted by Gasteiger charge is -2.15. The van der Waals surface area contributed by atoms with Crippen LogP contribution in [0.1, 0.15) is 17.4 Å². The number of hydrogen-bond acceptors (Lipinski definition) is 5. The summed E-state index contributed by atoms with van der Waals surface area (Å²) in [5.74, 6) is 0.702. The summed E-state index contributed by atoms with van der Waals surface area (Å²) in [6.45, 7) is 0.312. The molecule has 0 radical (unpaired) electrons. The fourth-order valence-corrected chi connectivity index (χ4v) is 2.55. The molecule has 1 aromatic heterocycles. The fraction of sp³-hybridized carbons (Fsp3) is 0.158. The molecule has 0 aliphatic rings. The van der Waals surface area contributed by atoms with E-state index in [4.69, 9.17) is 10.00 Å². The number of para-hydroxylation sites is 1. The smallest absolute Gasteiger partial charge is 0.143 e. The van der Waals surface area contributed by atoms with Gasteiger partial charge in [0, 0.05) is 17.6 Å². The molecule has 24 heavy (non-hydrogen) atoms. The number of rotatable bonds is 5. The summed E-state index contributed by atoms with van der Waals surface area (Å²) in [5, 5.41) is 23.7. The van der Waals surface area contributed by atoms with E-state index >= 15 is 0 Å². The average molecular weight is 319 g/mol. The van der Waals surface area contributed by atoms with E-state index < -0.39 is 6.10 Å². The van der Waals surface area contributed by atoms with Gasteiger partial charge in [-0.05, 0) is 29.8 Å². The van der Waals surface area contributed by atoms with Crippen molar-refractivity contribution in [2.75, 3.05) is 19.0 Å². The van der Waals surface area contributed by atoms with Crippen LogP contribution in [0.25, 0.3) is 10.9 Å². The Balaban J connectivity index is 1.83. The molecule has 3 rings (SSSR count). The molecule has 0 amide bonds. The molecule has 1 atom stereocenters. The molecule has 0 spiro atoms. The third kappa shape index (κ3) is 3.29. The number of aliphatic hydroxyl groups is 1. The summed E-state index contributed by atoms with van der Waals surface area (Å²) in [6, 6.07) is 18.7. The lowest BCUT2D eigenvalue weighted by Crippen LogP contribution is -2.12. The maximum absolute atomic E-state index is 10.4. The van der Waals surface area contributed by atoms with Gasteiger partial charge in [-0.2, -0.15) is 5.26 Å². The van der Waals surface area contributed by atoms with Crippen molar-refractivity contribution in [3.8, 4) is 11.8 Å². The highest BCUT2D eigenvalue weighted by Gasteiger charge is 2.10. The van der Waals surface area contributed by atoms with Crippen LogP contribution in [0.4, 0.5) is 5.69 Å². The molecule has 5 nitrogen and oxygen atoms in total. The summed E-state index contributed by atoms with van der Waals surface area (Å²) >= 11 is 0. The quantitative estimate of drug-likeness (QED) is 0.754. The number of nitriles is 1. The molecule has 3 aromatic rings. The van der Waals surface area contributed by atoms with Gasteiger partial charge in [0.1, 0.15) is 17.5 Å². The molecule has 0 saturated heterocycles. The van der Waals surface area contributed by atoms with Crippen LogP contribution in [-0.4, -0.2) is 23.7 Å². The Morgan fingerprint density at radius 1 is 1.21 bits per heavy atom. The van der Waals surface area contributed by atoms with Crippen molar-refractivity contribution in [2.45, 2.75) is 6.10 Å². The Bertz CT molecular complexity index is 902. The third-order valence-corrected chi connectivity index (χ3v) is 3.80. The van der Waals surface area contributed by atoms with Crippen molar-refractivity contribution in [3.63, 3.8) is 0 Å². The van der Waals surface area contributed by atoms with Crippen LogP contribution in [0.3, 0.4) is 0 Å². The molecule has 2 aromatic carbocycles. The van der Waals surface area contributed by atoms with Crippen molar-refractivity contribution in [2.24, 2.45) is 0 Å². The van der Waals surface area contributed by atoms with Crippen molar-refractivity contribution in [3.05, 3.63) is 65.9 Å². The summed E-state index contributed by atoms with van der Waals surface area (Å²) in [5.41, 5.74) is 2.63. The lowest BCUT2D eigenvalue weighted by molar-refractivity contribution is 0.191. The normalized spacial score (nSPS) is 11.7. The van der Waals surface area contributed by atoms with Crippen LogP contribution in [-0.2, 0) is 0 Å². The molecular formula is C19H17N3O2. The first kappa shape index (κ1) is 15.8. The van der Waals surface area contributed by atoms with Crippen molar-refractivity contribution in [1.29, 1.82) is 5.26 Å². The monoisotopic (exact) mass is 319 g/mol. The molecule has 5 heteroatoms. The maximum Gasteiger partial charge on any atom is 0.143 e. The summed E-state index contributed by atoms with van der Waals surface area (Å²) in [6.07, 6.45) is -0.697. The van der Waals surface area contributed by atoms with Gasteiger partial charge in [0.25, 0.3) is 0 Å². The van der Waals surface area contributed by atoms with Gasteiger partial charge in [-0.15, -0.1) is 0 Å². The van der Waals surface area contributed by atoms with Gasteiger partial charge in [0.05, 0.1) is 18.7 Å². The van der Waals surface area contributed by atoms with E-state index in [2.05, 4.69) is 16.4 Å². The third-order valence-electron chi connectivity index (χ3n) is 3.80. The average Bonchev–Trinajstić information content (AvgIpc) is 2.65. The Labute approximate surface area is 140 Å². The zero-order valence-corrected chi connectivity index (χ0v) is 13.2. The Hall–Kier alpha value is -3.10. The highest BCUT2D eigenvalue weighted by molar-refractivity contribution is 5.91. The van der Waals surface area contributed by atoms with Crippen molar-refractivity contribution in [1.82, 2.24) is 4.98 Å². The van der Waals surface area contributed by atoms with Gasteiger partial charge < -0.3 is 15.2 Å². The minimum Gasteiger partial charge on any atom is -0.497 e. The number of ether oxygens (including phenoxy) is 1. The molecule has 0 fully saturated rings. The first-order valence-electron chi connectivity index (χ1n) is 7.57.